The van der Waals surface area contributed by atoms with Crippen LogP contribution in [-0.2, 0) is 10.2 Å². The lowest BCUT2D eigenvalue weighted by Gasteiger charge is -2.14. The maximum absolute atomic E-state index is 12.2. The second-order valence-electron chi connectivity index (χ2n) is 5.27. The van der Waals surface area contributed by atoms with E-state index in [9.17, 15) is 4.79 Å². The molecule has 2 N–H and O–H groups in total. The molecule has 0 unspecified atom stereocenters. The highest BCUT2D eigenvalue weighted by molar-refractivity contribution is 5.93. The van der Waals surface area contributed by atoms with Gasteiger partial charge in [-0.1, -0.05) is 12.1 Å². The quantitative estimate of drug-likeness (QED) is 0.785. The van der Waals surface area contributed by atoms with Crippen LogP contribution in [0.1, 0.15) is 37.7 Å². The Bertz CT molecular complexity index is 413. The Morgan fingerprint density at radius 3 is 2.38 bits per heavy atom. The van der Waals surface area contributed by atoms with Crippen molar-refractivity contribution in [2.75, 3.05) is 5.73 Å². The first-order valence-electron chi connectivity index (χ1n) is 6.10. The van der Waals surface area contributed by atoms with Crippen LogP contribution in [0.2, 0.25) is 0 Å². The van der Waals surface area contributed by atoms with Crippen molar-refractivity contribution in [3.8, 4) is 0 Å². The van der Waals surface area contributed by atoms with Crippen LogP contribution >= 0.6 is 0 Å². The summed E-state index contributed by atoms with van der Waals surface area (Å²) in [7, 11) is 0. The van der Waals surface area contributed by atoms with Crippen molar-refractivity contribution < 1.29 is 4.79 Å². The number of rotatable bonds is 4. The van der Waals surface area contributed by atoms with E-state index in [-0.39, 0.29) is 5.41 Å². The number of hydrogen-bond acceptors (Lipinski definition) is 2. The highest BCUT2D eigenvalue weighted by Crippen LogP contribution is 2.51. The van der Waals surface area contributed by atoms with Crippen LogP contribution in [0.15, 0.2) is 24.3 Å². The molecular weight excluding hydrogens is 198 g/mol. The molecule has 2 aliphatic carbocycles. The molecule has 0 bridgehead atoms. The lowest BCUT2D eigenvalue weighted by molar-refractivity contribution is -0.121. The Kier molecular flexibility index (Phi) is 2.06. The molecule has 1 aromatic rings. The van der Waals surface area contributed by atoms with Crippen LogP contribution in [-0.4, -0.2) is 5.78 Å². The fourth-order valence-electron chi connectivity index (χ4n) is 2.44. The standard InChI is InChI=1S/C14H17NO/c15-12-5-3-11(4-6-12)14(7-8-14)13(16)9-10-1-2-10/h3-6,10H,1-2,7-9,15H2. The van der Waals surface area contributed by atoms with Crippen molar-refractivity contribution in [3.05, 3.63) is 29.8 Å². The molecule has 0 amide bonds. The number of anilines is 1. The molecule has 0 radical (unpaired) electrons. The van der Waals surface area contributed by atoms with Crippen LogP contribution in [0.3, 0.4) is 0 Å². The van der Waals surface area contributed by atoms with Gasteiger partial charge in [0.15, 0.2) is 0 Å². The van der Waals surface area contributed by atoms with E-state index in [0.29, 0.717) is 11.7 Å². The smallest absolute Gasteiger partial charge is 0.143 e. The third kappa shape index (κ3) is 1.62. The van der Waals surface area contributed by atoms with Crippen molar-refractivity contribution in [2.45, 2.75) is 37.5 Å². The van der Waals surface area contributed by atoms with Crippen molar-refractivity contribution >= 4 is 11.5 Å². The predicted octanol–water partition coefficient (Wildman–Crippen LogP) is 2.67. The van der Waals surface area contributed by atoms with Crippen molar-refractivity contribution in [2.24, 2.45) is 5.92 Å². The number of hydrogen-bond donors (Lipinski definition) is 1. The number of carbonyl (C=O) groups is 1. The lowest BCUT2D eigenvalue weighted by Crippen LogP contribution is -2.20. The molecule has 0 spiro atoms. The molecule has 0 atom stereocenters. The van der Waals surface area contributed by atoms with Crippen LogP contribution in [0, 0.1) is 5.92 Å². The van der Waals surface area contributed by atoms with Crippen LogP contribution < -0.4 is 5.73 Å². The van der Waals surface area contributed by atoms with Crippen LogP contribution in [0.5, 0.6) is 0 Å². The van der Waals surface area contributed by atoms with Gasteiger partial charge in [-0.05, 0) is 49.3 Å². The Morgan fingerprint density at radius 2 is 1.88 bits per heavy atom. The van der Waals surface area contributed by atoms with Crippen molar-refractivity contribution in [1.29, 1.82) is 0 Å². The van der Waals surface area contributed by atoms with Crippen LogP contribution in [0.4, 0.5) is 5.69 Å². The number of benzene rings is 1. The number of nitrogen functional groups attached to an aromatic ring is 1. The fraction of sp³-hybridized carbons (Fsp3) is 0.500. The zero-order valence-corrected chi connectivity index (χ0v) is 9.41. The highest BCUT2D eigenvalue weighted by atomic mass is 16.1. The van der Waals surface area contributed by atoms with Gasteiger partial charge in [-0.3, -0.25) is 4.79 Å². The minimum atomic E-state index is -0.129. The maximum Gasteiger partial charge on any atom is 0.143 e. The molecule has 0 heterocycles. The number of Topliss-reactive ketones (excluding diaryl/α,β-unsaturated/α-hetero) is 1. The van der Waals surface area contributed by atoms with Gasteiger partial charge in [0.05, 0.1) is 5.41 Å². The van der Waals surface area contributed by atoms with Gasteiger partial charge in [0, 0.05) is 12.1 Å². The summed E-state index contributed by atoms with van der Waals surface area (Å²) >= 11 is 0. The molecule has 0 aliphatic heterocycles. The summed E-state index contributed by atoms with van der Waals surface area (Å²) in [5.74, 6) is 1.15. The third-order valence-corrected chi connectivity index (χ3v) is 3.92. The average Bonchev–Trinajstić information content (AvgIpc) is 3.13. The molecule has 3 rings (SSSR count). The molecule has 2 nitrogen and oxygen atoms in total. The topological polar surface area (TPSA) is 43.1 Å². The predicted molar refractivity (Wildman–Crippen MR) is 64.1 cm³/mol. The van der Waals surface area contributed by atoms with Gasteiger partial charge in [0.1, 0.15) is 5.78 Å². The van der Waals surface area contributed by atoms with E-state index < -0.39 is 0 Å². The molecule has 2 heteroatoms. The zero-order chi connectivity index (χ0) is 11.2. The monoisotopic (exact) mass is 215 g/mol. The van der Waals surface area contributed by atoms with Gasteiger partial charge >= 0.3 is 0 Å². The number of ketones is 1. The molecule has 84 valence electrons. The van der Waals surface area contributed by atoms with Gasteiger partial charge < -0.3 is 5.73 Å². The molecule has 16 heavy (non-hydrogen) atoms. The first-order chi connectivity index (χ1) is 7.71. The summed E-state index contributed by atoms with van der Waals surface area (Å²) in [5.41, 5.74) is 7.49. The van der Waals surface area contributed by atoms with Crippen LogP contribution in [0.25, 0.3) is 0 Å². The second kappa shape index (κ2) is 3.34. The molecule has 0 saturated heterocycles. The first kappa shape index (κ1) is 9.88. The fourth-order valence-corrected chi connectivity index (χ4v) is 2.44. The zero-order valence-electron chi connectivity index (χ0n) is 9.41. The lowest BCUT2D eigenvalue weighted by atomic mass is 9.88. The molecule has 2 fully saturated rings. The van der Waals surface area contributed by atoms with E-state index in [4.69, 9.17) is 5.73 Å². The number of nitrogens with two attached hydrogens (primary N) is 1. The Hall–Kier alpha value is -1.31. The van der Waals surface area contributed by atoms with Gasteiger partial charge in [-0.25, -0.2) is 0 Å². The Morgan fingerprint density at radius 1 is 1.25 bits per heavy atom. The largest absolute Gasteiger partial charge is 0.399 e. The van der Waals surface area contributed by atoms with E-state index in [1.807, 2.05) is 24.3 Å². The van der Waals surface area contributed by atoms with E-state index in [2.05, 4.69) is 0 Å². The van der Waals surface area contributed by atoms with Gasteiger partial charge in [0.2, 0.25) is 0 Å². The van der Waals surface area contributed by atoms with Gasteiger partial charge in [0.25, 0.3) is 0 Å². The molecule has 2 aliphatic rings. The number of carbonyl (C=O) groups excluding carboxylic acids is 1. The summed E-state index contributed by atoms with van der Waals surface area (Å²) < 4.78 is 0. The molecular formula is C14H17NO. The Balaban J connectivity index is 1.81. The van der Waals surface area contributed by atoms with E-state index in [1.165, 1.54) is 18.4 Å². The third-order valence-electron chi connectivity index (χ3n) is 3.92. The summed E-state index contributed by atoms with van der Waals surface area (Å²) in [5, 5.41) is 0. The normalized spacial score (nSPS) is 21.8. The SMILES string of the molecule is Nc1ccc(C2(C(=O)CC3CC3)CC2)cc1. The Labute approximate surface area is 95.8 Å². The van der Waals surface area contributed by atoms with E-state index in [0.717, 1.165) is 24.9 Å². The van der Waals surface area contributed by atoms with Crippen molar-refractivity contribution in [3.63, 3.8) is 0 Å². The summed E-state index contributed by atoms with van der Waals surface area (Å²) in [6, 6.07) is 7.85. The van der Waals surface area contributed by atoms with Gasteiger partial charge in [-0.2, -0.15) is 0 Å². The molecule has 1 aromatic carbocycles. The highest BCUT2D eigenvalue weighted by Gasteiger charge is 2.51. The molecule has 0 aromatic heterocycles. The minimum Gasteiger partial charge on any atom is -0.399 e. The second-order valence-corrected chi connectivity index (χ2v) is 5.27. The molecule has 2 saturated carbocycles. The minimum absolute atomic E-state index is 0.129. The maximum atomic E-state index is 12.2. The first-order valence-corrected chi connectivity index (χ1v) is 6.10. The van der Waals surface area contributed by atoms with Crippen molar-refractivity contribution in [1.82, 2.24) is 0 Å². The van der Waals surface area contributed by atoms with Gasteiger partial charge in [-0.15, -0.1) is 0 Å². The summed E-state index contributed by atoms with van der Waals surface area (Å²) in [4.78, 5) is 12.2. The van der Waals surface area contributed by atoms with E-state index in [1.54, 1.807) is 0 Å². The van der Waals surface area contributed by atoms with E-state index >= 15 is 0 Å². The average molecular weight is 215 g/mol. The summed E-state index contributed by atoms with van der Waals surface area (Å²) in [6.07, 6.45) is 5.36. The summed E-state index contributed by atoms with van der Waals surface area (Å²) in [6.45, 7) is 0.